The Morgan fingerprint density at radius 3 is 2.79 bits per heavy atom. The number of hydrogen-bond acceptors (Lipinski definition) is 2. The molecule has 0 aliphatic carbocycles. The van der Waals surface area contributed by atoms with E-state index < -0.39 is 0 Å². The summed E-state index contributed by atoms with van der Waals surface area (Å²) in [4.78, 5) is 4.41. The smallest absolute Gasteiger partial charge is 0.202 e. The van der Waals surface area contributed by atoms with Crippen molar-refractivity contribution in [1.82, 2.24) is 9.55 Å². The number of hydrogen-bond donors (Lipinski definition) is 1. The van der Waals surface area contributed by atoms with E-state index in [1.807, 2.05) is 24.7 Å². The van der Waals surface area contributed by atoms with Gasteiger partial charge >= 0.3 is 0 Å². The molecule has 80 valence electrons. The molecule has 1 atom stereocenters. The zero-order valence-electron chi connectivity index (χ0n) is 9.67. The lowest BCUT2D eigenvalue weighted by Gasteiger charge is -2.13. The average Bonchev–Trinajstić information content (AvgIpc) is 2.42. The van der Waals surface area contributed by atoms with E-state index >= 15 is 0 Å². The van der Waals surface area contributed by atoms with Gasteiger partial charge in [0.1, 0.15) is 0 Å². The Kier molecular flexibility index (Phi) is 3.98. The molecule has 3 nitrogen and oxygen atoms in total. The first-order valence-electron chi connectivity index (χ1n) is 5.40. The molecule has 0 spiro atoms. The molecule has 14 heavy (non-hydrogen) atoms. The molecule has 1 N–H and O–H groups in total. The first-order chi connectivity index (χ1) is 6.63. The summed E-state index contributed by atoms with van der Waals surface area (Å²) >= 11 is 0. The molecule has 0 saturated carbocycles. The van der Waals surface area contributed by atoms with Crippen LogP contribution in [0.4, 0.5) is 5.95 Å². The van der Waals surface area contributed by atoms with E-state index in [0.717, 1.165) is 11.6 Å². The number of anilines is 1. The fourth-order valence-electron chi connectivity index (χ4n) is 1.55. The van der Waals surface area contributed by atoms with Gasteiger partial charge in [0, 0.05) is 19.3 Å². The lowest BCUT2D eigenvalue weighted by Crippen LogP contribution is -2.17. The monoisotopic (exact) mass is 195 g/mol. The first kappa shape index (κ1) is 11.1. The van der Waals surface area contributed by atoms with E-state index in [2.05, 4.69) is 24.1 Å². The zero-order chi connectivity index (χ0) is 10.6. The summed E-state index contributed by atoms with van der Waals surface area (Å²) in [5.41, 5.74) is 1.07. The van der Waals surface area contributed by atoms with Crippen LogP contribution in [0.5, 0.6) is 0 Å². The Bertz CT molecular complexity index is 278. The summed E-state index contributed by atoms with van der Waals surface area (Å²) in [6, 6.07) is 0.510. The topological polar surface area (TPSA) is 29.9 Å². The maximum absolute atomic E-state index is 4.41. The second-order valence-corrected chi connectivity index (χ2v) is 4.00. The van der Waals surface area contributed by atoms with Crippen LogP contribution < -0.4 is 5.32 Å². The van der Waals surface area contributed by atoms with Gasteiger partial charge in [-0.2, -0.15) is 0 Å². The molecule has 0 bridgehead atoms. The highest BCUT2D eigenvalue weighted by Gasteiger charge is 2.05. The van der Waals surface area contributed by atoms with Crippen LogP contribution in [0.2, 0.25) is 0 Å². The largest absolute Gasteiger partial charge is 0.353 e. The lowest BCUT2D eigenvalue weighted by molar-refractivity contribution is 0.637. The first-order valence-corrected chi connectivity index (χ1v) is 5.40. The van der Waals surface area contributed by atoms with E-state index in [-0.39, 0.29) is 0 Å². The van der Waals surface area contributed by atoms with Crippen molar-refractivity contribution in [2.45, 2.75) is 46.1 Å². The van der Waals surface area contributed by atoms with Crippen LogP contribution in [0.25, 0.3) is 0 Å². The molecule has 3 heteroatoms. The minimum absolute atomic E-state index is 0.510. The predicted molar refractivity (Wildman–Crippen MR) is 60.6 cm³/mol. The second kappa shape index (κ2) is 5.03. The van der Waals surface area contributed by atoms with Gasteiger partial charge in [0.2, 0.25) is 5.95 Å². The van der Waals surface area contributed by atoms with Crippen molar-refractivity contribution in [3.05, 3.63) is 11.9 Å². The van der Waals surface area contributed by atoms with Gasteiger partial charge in [0.25, 0.3) is 0 Å². The van der Waals surface area contributed by atoms with Crippen molar-refractivity contribution < 1.29 is 0 Å². The van der Waals surface area contributed by atoms with Gasteiger partial charge in [-0.05, 0) is 20.3 Å². The predicted octanol–water partition coefficient (Wildman–Crippen LogP) is 2.72. The Morgan fingerprint density at radius 1 is 1.57 bits per heavy atom. The maximum atomic E-state index is 4.41. The average molecular weight is 195 g/mol. The number of unbranched alkanes of at least 4 members (excludes halogenated alkanes) is 1. The Balaban J connectivity index is 2.47. The molecular formula is C11H21N3. The summed E-state index contributed by atoms with van der Waals surface area (Å²) < 4.78 is 2.04. The van der Waals surface area contributed by atoms with Crippen LogP contribution in [0.15, 0.2) is 6.20 Å². The minimum Gasteiger partial charge on any atom is -0.353 e. The third-order valence-electron chi connectivity index (χ3n) is 2.36. The van der Waals surface area contributed by atoms with Crippen LogP contribution >= 0.6 is 0 Å². The SMILES string of the molecule is CCCCC(C)Nc1nc(C)cn1C. The number of imidazole rings is 1. The Labute approximate surface area is 86.5 Å². The highest BCUT2D eigenvalue weighted by atomic mass is 15.2. The fourth-order valence-corrected chi connectivity index (χ4v) is 1.55. The van der Waals surface area contributed by atoms with E-state index in [1.165, 1.54) is 19.3 Å². The molecule has 0 aliphatic heterocycles. The zero-order valence-corrected chi connectivity index (χ0v) is 9.67. The second-order valence-electron chi connectivity index (χ2n) is 4.00. The van der Waals surface area contributed by atoms with Crippen molar-refractivity contribution in [2.24, 2.45) is 7.05 Å². The molecule has 0 aromatic carbocycles. The third-order valence-corrected chi connectivity index (χ3v) is 2.36. The summed E-state index contributed by atoms with van der Waals surface area (Å²) in [6.07, 6.45) is 5.78. The molecule has 1 aromatic rings. The van der Waals surface area contributed by atoms with Gasteiger partial charge < -0.3 is 9.88 Å². The maximum Gasteiger partial charge on any atom is 0.202 e. The molecule has 1 rings (SSSR count). The molecule has 0 radical (unpaired) electrons. The van der Waals surface area contributed by atoms with Crippen molar-refractivity contribution in [3.8, 4) is 0 Å². The Morgan fingerprint density at radius 2 is 2.29 bits per heavy atom. The summed E-state index contributed by atoms with van der Waals surface area (Å²) in [6.45, 7) is 6.44. The standard InChI is InChI=1S/C11H21N3/c1-5-6-7-9(2)12-11-13-10(3)8-14(11)4/h8-9H,5-7H2,1-4H3,(H,12,13). The van der Waals surface area contributed by atoms with Crippen LogP contribution in [0, 0.1) is 6.92 Å². The van der Waals surface area contributed by atoms with Gasteiger partial charge in [-0.3, -0.25) is 0 Å². The summed E-state index contributed by atoms with van der Waals surface area (Å²) in [5, 5.41) is 3.42. The molecule has 0 amide bonds. The van der Waals surface area contributed by atoms with Gasteiger partial charge in [0.15, 0.2) is 0 Å². The molecule has 1 heterocycles. The molecule has 1 aromatic heterocycles. The van der Waals surface area contributed by atoms with Crippen molar-refractivity contribution in [3.63, 3.8) is 0 Å². The Hall–Kier alpha value is -0.990. The van der Waals surface area contributed by atoms with Crippen LogP contribution in [0.3, 0.4) is 0 Å². The normalized spacial score (nSPS) is 12.9. The number of aromatic nitrogens is 2. The summed E-state index contributed by atoms with van der Waals surface area (Å²) in [7, 11) is 2.02. The van der Waals surface area contributed by atoms with Crippen molar-refractivity contribution in [1.29, 1.82) is 0 Å². The molecule has 0 aliphatic rings. The molecule has 0 saturated heterocycles. The minimum atomic E-state index is 0.510. The quantitative estimate of drug-likeness (QED) is 0.783. The highest BCUT2D eigenvalue weighted by Crippen LogP contribution is 2.10. The summed E-state index contributed by atoms with van der Waals surface area (Å²) in [5.74, 6) is 0.978. The van der Waals surface area contributed by atoms with E-state index in [1.54, 1.807) is 0 Å². The van der Waals surface area contributed by atoms with E-state index in [0.29, 0.717) is 6.04 Å². The molecule has 1 unspecified atom stereocenters. The number of aryl methyl sites for hydroxylation is 2. The number of nitrogens with one attached hydrogen (secondary N) is 1. The van der Waals surface area contributed by atoms with E-state index in [9.17, 15) is 0 Å². The third kappa shape index (κ3) is 3.05. The highest BCUT2D eigenvalue weighted by molar-refractivity contribution is 5.29. The number of rotatable bonds is 5. The fraction of sp³-hybridized carbons (Fsp3) is 0.727. The van der Waals surface area contributed by atoms with Crippen LogP contribution in [0.1, 0.15) is 38.8 Å². The van der Waals surface area contributed by atoms with Gasteiger partial charge in [-0.25, -0.2) is 4.98 Å². The van der Waals surface area contributed by atoms with Crippen LogP contribution in [-0.4, -0.2) is 15.6 Å². The number of nitrogens with zero attached hydrogens (tertiary/aromatic N) is 2. The molecular weight excluding hydrogens is 174 g/mol. The van der Waals surface area contributed by atoms with Gasteiger partial charge in [0.05, 0.1) is 5.69 Å². The molecule has 0 fully saturated rings. The van der Waals surface area contributed by atoms with Gasteiger partial charge in [-0.1, -0.05) is 19.8 Å². The van der Waals surface area contributed by atoms with Gasteiger partial charge in [-0.15, -0.1) is 0 Å². The lowest BCUT2D eigenvalue weighted by atomic mass is 10.1. The van der Waals surface area contributed by atoms with Crippen LogP contribution in [-0.2, 0) is 7.05 Å². The van der Waals surface area contributed by atoms with E-state index in [4.69, 9.17) is 0 Å². The van der Waals surface area contributed by atoms with Crippen molar-refractivity contribution in [2.75, 3.05) is 5.32 Å². The van der Waals surface area contributed by atoms with Crippen molar-refractivity contribution >= 4 is 5.95 Å².